The van der Waals surface area contributed by atoms with Crippen LogP contribution in [0.1, 0.15) is 146 Å². The molecule has 0 fully saturated rings. The largest absolute Gasteiger partial charge is 0.384 e. The third kappa shape index (κ3) is 8.70. The molecule has 0 bridgehead atoms. The summed E-state index contributed by atoms with van der Waals surface area (Å²) in [4.78, 5) is 0. The lowest BCUT2D eigenvalue weighted by molar-refractivity contribution is 0.510. The summed E-state index contributed by atoms with van der Waals surface area (Å²) in [6.07, 6.45) is 4.64. The van der Waals surface area contributed by atoms with Crippen molar-refractivity contribution in [2.75, 3.05) is 17.6 Å². The van der Waals surface area contributed by atoms with Crippen molar-refractivity contribution in [3.63, 3.8) is 0 Å². The molecular formula is C54H68NPS. The SMILES string of the molecule is CC(C)(C)c1cc(P(c2cc(C(C)(C)C)cc(C(C)(C)C)c2)c2cccc3c2[C@]2(CCc4cccc(NCCSCc5ccccc5)c42)CC3)cc(C(C)(C)C)c1. The number of benzene rings is 5. The first-order valence-electron chi connectivity index (χ1n) is 21.5. The van der Waals surface area contributed by atoms with Gasteiger partial charge >= 0.3 is 0 Å². The standard InChI is InChI=1S/C54H68NPS/c1-50(2,3)40-30-41(51(4,5)6)33-44(32-40)56(45-34-42(52(7,8)9)31-43(35-45)53(10,11)12)47-23-17-21-39-25-27-54(49(39)47)26-24-38-20-16-22-46(48(38)54)55-28-29-57-36-37-18-14-13-15-19-37/h13-23,30-35,55H,24-29,36H2,1-12H3/t54-/m1/s1. The summed E-state index contributed by atoms with van der Waals surface area (Å²) in [6.45, 7) is 29.6. The highest BCUT2D eigenvalue weighted by Crippen LogP contribution is 2.56. The molecule has 1 atom stereocenters. The van der Waals surface area contributed by atoms with Gasteiger partial charge < -0.3 is 5.32 Å². The second-order valence-electron chi connectivity index (χ2n) is 21.1. The van der Waals surface area contributed by atoms with Gasteiger partial charge in [-0.15, -0.1) is 0 Å². The van der Waals surface area contributed by atoms with Crippen molar-refractivity contribution in [1.29, 1.82) is 0 Å². The van der Waals surface area contributed by atoms with Crippen molar-refractivity contribution in [1.82, 2.24) is 0 Å². The highest BCUT2D eigenvalue weighted by molar-refractivity contribution is 7.98. The van der Waals surface area contributed by atoms with Crippen molar-refractivity contribution in [2.24, 2.45) is 0 Å². The molecule has 1 nitrogen and oxygen atoms in total. The Kier molecular flexibility index (Phi) is 11.5. The average molecular weight is 794 g/mol. The van der Waals surface area contributed by atoms with E-state index in [9.17, 15) is 0 Å². The van der Waals surface area contributed by atoms with E-state index in [4.69, 9.17) is 0 Å². The van der Waals surface area contributed by atoms with Gasteiger partial charge in [0.1, 0.15) is 0 Å². The highest BCUT2D eigenvalue weighted by Gasteiger charge is 2.48. The van der Waals surface area contributed by atoms with Gasteiger partial charge in [-0.3, -0.25) is 0 Å². The first-order valence-corrected chi connectivity index (χ1v) is 24.0. The first kappa shape index (κ1) is 41.8. The van der Waals surface area contributed by atoms with Crippen LogP contribution in [0.5, 0.6) is 0 Å². The van der Waals surface area contributed by atoms with Crippen LogP contribution in [0.15, 0.2) is 103 Å². The zero-order valence-electron chi connectivity index (χ0n) is 37.1. The number of thioether (sulfide) groups is 1. The van der Waals surface area contributed by atoms with Crippen LogP contribution in [0.3, 0.4) is 0 Å². The van der Waals surface area contributed by atoms with Gasteiger partial charge in [0.25, 0.3) is 0 Å². The topological polar surface area (TPSA) is 12.0 Å². The maximum Gasteiger partial charge on any atom is 0.0384 e. The van der Waals surface area contributed by atoms with E-state index in [2.05, 4.69) is 192 Å². The van der Waals surface area contributed by atoms with Crippen LogP contribution in [0.2, 0.25) is 0 Å². The Bertz CT molecular complexity index is 2080. The molecule has 1 N–H and O–H groups in total. The monoisotopic (exact) mass is 793 g/mol. The first-order chi connectivity index (χ1) is 26.8. The molecule has 5 aromatic carbocycles. The van der Waals surface area contributed by atoms with E-state index in [0.717, 1.165) is 30.9 Å². The third-order valence-electron chi connectivity index (χ3n) is 12.6. The van der Waals surface area contributed by atoms with E-state index in [1.54, 1.807) is 27.6 Å². The molecule has 57 heavy (non-hydrogen) atoms. The van der Waals surface area contributed by atoms with Crippen molar-refractivity contribution in [3.8, 4) is 0 Å². The van der Waals surface area contributed by atoms with Crippen molar-refractivity contribution < 1.29 is 0 Å². The van der Waals surface area contributed by atoms with Gasteiger partial charge in [0.05, 0.1) is 0 Å². The van der Waals surface area contributed by atoms with E-state index in [1.165, 1.54) is 57.0 Å². The number of hydrogen-bond acceptors (Lipinski definition) is 2. The minimum Gasteiger partial charge on any atom is -0.384 e. The number of fused-ring (bicyclic) bond motifs is 4. The summed E-state index contributed by atoms with van der Waals surface area (Å²) in [5.74, 6) is 2.14. The van der Waals surface area contributed by atoms with Gasteiger partial charge in [-0.2, -0.15) is 11.8 Å². The van der Waals surface area contributed by atoms with Gasteiger partial charge in [-0.1, -0.05) is 180 Å². The predicted molar refractivity (Wildman–Crippen MR) is 255 cm³/mol. The van der Waals surface area contributed by atoms with Gasteiger partial charge in [0.2, 0.25) is 0 Å². The molecule has 1 spiro atoms. The summed E-state index contributed by atoms with van der Waals surface area (Å²) >= 11 is 2.02. The second kappa shape index (κ2) is 15.7. The molecule has 2 aliphatic carbocycles. The summed E-state index contributed by atoms with van der Waals surface area (Å²) < 4.78 is 0. The molecule has 0 amide bonds. The fourth-order valence-corrected chi connectivity index (χ4v) is 12.7. The number of anilines is 1. The number of nitrogens with one attached hydrogen (secondary N) is 1. The Morgan fingerprint density at radius 3 is 1.51 bits per heavy atom. The second-order valence-corrected chi connectivity index (χ2v) is 24.4. The van der Waals surface area contributed by atoms with E-state index in [-0.39, 0.29) is 27.1 Å². The van der Waals surface area contributed by atoms with Gasteiger partial charge in [0.15, 0.2) is 0 Å². The van der Waals surface area contributed by atoms with Crippen molar-refractivity contribution in [2.45, 2.75) is 142 Å². The average Bonchev–Trinajstić information content (AvgIpc) is 3.72. The summed E-state index contributed by atoms with van der Waals surface area (Å²) in [6, 6.07) is 40.8. The van der Waals surface area contributed by atoms with Crippen LogP contribution in [0, 0.1) is 0 Å². The molecule has 0 saturated carbocycles. The lowest BCUT2D eigenvalue weighted by Crippen LogP contribution is -2.33. The molecule has 0 radical (unpaired) electrons. The molecule has 0 saturated heterocycles. The maximum atomic E-state index is 4.01. The maximum absolute atomic E-state index is 4.01. The lowest BCUT2D eigenvalue weighted by atomic mass is 9.76. The fourth-order valence-electron chi connectivity index (χ4n) is 9.16. The Hall–Kier alpha value is -3.32. The van der Waals surface area contributed by atoms with Gasteiger partial charge in [0, 0.05) is 29.2 Å². The molecule has 0 unspecified atom stereocenters. The number of aryl methyl sites for hydroxylation is 2. The number of hydrogen-bond donors (Lipinski definition) is 1. The normalized spacial score (nSPS) is 17.0. The molecule has 0 heterocycles. The Balaban J connectivity index is 1.41. The molecule has 5 aromatic rings. The quantitative estimate of drug-likeness (QED) is 0.118. The highest BCUT2D eigenvalue weighted by atomic mass is 32.2. The fraction of sp³-hybridized carbons (Fsp3) is 0.444. The summed E-state index contributed by atoms with van der Waals surface area (Å²) in [7, 11) is -0.905. The molecule has 0 aromatic heterocycles. The zero-order valence-corrected chi connectivity index (χ0v) is 38.8. The van der Waals surface area contributed by atoms with E-state index in [1.807, 2.05) is 11.8 Å². The molecule has 0 aliphatic heterocycles. The van der Waals surface area contributed by atoms with E-state index < -0.39 is 7.92 Å². The van der Waals surface area contributed by atoms with Crippen LogP contribution < -0.4 is 21.2 Å². The lowest BCUT2D eigenvalue weighted by Gasteiger charge is -2.35. The Labute approximate surface area is 352 Å². The third-order valence-corrected chi connectivity index (χ3v) is 16.0. The molecule has 300 valence electrons. The van der Waals surface area contributed by atoms with E-state index >= 15 is 0 Å². The van der Waals surface area contributed by atoms with E-state index in [0.29, 0.717) is 0 Å². The minimum absolute atomic E-state index is 0.00556. The summed E-state index contributed by atoms with van der Waals surface area (Å²) in [5.41, 5.74) is 15.0. The summed E-state index contributed by atoms with van der Waals surface area (Å²) in [5, 5.41) is 8.55. The minimum atomic E-state index is -0.905. The zero-order chi connectivity index (χ0) is 41.0. The molecule has 7 rings (SSSR count). The van der Waals surface area contributed by atoms with Crippen LogP contribution in [-0.2, 0) is 45.7 Å². The van der Waals surface area contributed by atoms with Crippen molar-refractivity contribution in [3.05, 3.63) is 153 Å². The van der Waals surface area contributed by atoms with Gasteiger partial charge in [-0.05, 0) is 127 Å². The Morgan fingerprint density at radius 1 is 0.544 bits per heavy atom. The Morgan fingerprint density at radius 2 is 1.02 bits per heavy atom. The van der Waals surface area contributed by atoms with Crippen LogP contribution >= 0.6 is 19.7 Å². The number of rotatable bonds is 9. The smallest absolute Gasteiger partial charge is 0.0384 e. The van der Waals surface area contributed by atoms with Crippen LogP contribution in [0.4, 0.5) is 5.69 Å². The van der Waals surface area contributed by atoms with Crippen LogP contribution in [0.25, 0.3) is 0 Å². The molecule has 3 heteroatoms. The molecular weight excluding hydrogens is 726 g/mol. The molecule has 2 aliphatic rings. The van der Waals surface area contributed by atoms with Crippen molar-refractivity contribution >= 4 is 41.3 Å². The van der Waals surface area contributed by atoms with Gasteiger partial charge in [-0.25, -0.2) is 0 Å². The van der Waals surface area contributed by atoms with Crippen LogP contribution in [-0.4, -0.2) is 12.3 Å². The predicted octanol–water partition coefficient (Wildman–Crippen LogP) is 13.2.